The minimum absolute atomic E-state index is 0. The number of hydrogen-bond donors (Lipinski definition) is 1. The van der Waals surface area contributed by atoms with Gasteiger partial charge in [-0.1, -0.05) is 11.3 Å². The summed E-state index contributed by atoms with van der Waals surface area (Å²) in [6, 6.07) is 0. The molecule has 0 saturated carbocycles. The van der Waals surface area contributed by atoms with Gasteiger partial charge < -0.3 is 5.73 Å². The van der Waals surface area contributed by atoms with Crippen LogP contribution in [0.2, 0.25) is 0 Å². The van der Waals surface area contributed by atoms with Gasteiger partial charge in [-0.2, -0.15) is 0 Å². The van der Waals surface area contributed by atoms with Crippen LogP contribution in [0.15, 0.2) is 5.51 Å². The molecule has 0 spiro atoms. The standard InChI is InChI=1S/C2H3N3S.H2/c3-2-5-4-1-6-2;/h1H,(H2,3,5);1H. The smallest absolute Gasteiger partial charge is 0.202 e. The van der Waals surface area contributed by atoms with E-state index in [2.05, 4.69) is 10.2 Å². The highest BCUT2D eigenvalue weighted by molar-refractivity contribution is 7.13. The minimum atomic E-state index is 0. The van der Waals surface area contributed by atoms with Crippen molar-refractivity contribution in [1.82, 2.24) is 10.2 Å². The number of aromatic nitrogens is 2. The summed E-state index contributed by atoms with van der Waals surface area (Å²) < 4.78 is 0. The van der Waals surface area contributed by atoms with Crippen LogP contribution in [0, 0.1) is 0 Å². The fourth-order valence-corrected chi connectivity index (χ4v) is 0.478. The van der Waals surface area contributed by atoms with E-state index in [4.69, 9.17) is 5.73 Å². The van der Waals surface area contributed by atoms with Gasteiger partial charge in [0.2, 0.25) is 5.13 Å². The highest BCUT2D eigenvalue weighted by Crippen LogP contribution is 1.98. The zero-order valence-electron chi connectivity index (χ0n) is 2.96. The van der Waals surface area contributed by atoms with E-state index < -0.39 is 0 Å². The predicted molar refractivity (Wildman–Crippen MR) is 26.4 cm³/mol. The van der Waals surface area contributed by atoms with Gasteiger partial charge in [0, 0.05) is 1.43 Å². The average Bonchev–Trinajstić information content (AvgIpc) is 1.86. The lowest BCUT2D eigenvalue weighted by molar-refractivity contribution is 1.10. The number of nitrogens with two attached hydrogens (primary N) is 1. The summed E-state index contributed by atoms with van der Waals surface area (Å²) in [6.45, 7) is 0. The number of hydrogen-bond acceptors (Lipinski definition) is 4. The topological polar surface area (TPSA) is 51.8 Å². The van der Waals surface area contributed by atoms with Crippen LogP contribution in [0.3, 0.4) is 0 Å². The van der Waals surface area contributed by atoms with Crippen molar-refractivity contribution in [2.75, 3.05) is 5.73 Å². The van der Waals surface area contributed by atoms with Crippen molar-refractivity contribution in [2.24, 2.45) is 0 Å². The van der Waals surface area contributed by atoms with Crippen LogP contribution in [0.25, 0.3) is 0 Å². The summed E-state index contributed by atoms with van der Waals surface area (Å²) >= 11 is 1.33. The van der Waals surface area contributed by atoms with E-state index in [0.717, 1.165) is 0 Å². The summed E-state index contributed by atoms with van der Waals surface area (Å²) in [5.74, 6) is 0. The van der Waals surface area contributed by atoms with Gasteiger partial charge in [-0.05, 0) is 0 Å². The zero-order valence-corrected chi connectivity index (χ0v) is 3.77. The summed E-state index contributed by atoms with van der Waals surface area (Å²) in [6.07, 6.45) is 0. The van der Waals surface area contributed by atoms with E-state index in [0.29, 0.717) is 5.13 Å². The van der Waals surface area contributed by atoms with Gasteiger partial charge in [0.1, 0.15) is 5.51 Å². The molecule has 0 aliphatic heterocycles. The molecule has 0 amide bonds. The molecule has 0 saturated heterocycles. The molecule has 0 radical (unpaired) electrons. The predicted octanol–water partition coefficient (Wildman–Crippen LogP) is 0.366. The summed E-state index contributed by atoms with van der Waals surface area (Å²) in [5, 5.41) is 7.45. The monoisotopic (exact) mass is 103 g/mol. The second-order valence-corrected chi connectivity index (χ2v) is 1.64. The minimum Gasteiger partial charge on any atom is -0.374 e. The SMILES string of the molecule is Nc1nncs1.[HH]. The molecule has 2 N–H and O–H groups in total. The maximum Gasteiger partial charge on any atom is 0.202 e. The van der Waals surface area contributed by atoms with Crippen LogP contribution in [0.4, 0.5) is 5.13 Å². The summed E-state index contributed by atoms with van der Waals surface area (Å²) in [7, 11) is 0. The largest absolute Gasteiger partial charge is 0.374 e. The van der Waals surface area contributed by atoms with Gasteiger partial charge in [0.15, 0.2) is 0 Å². The Morgan fingerprint density at radius 2 is 2.83 bits per heavy atom. The first kappa shape index (κ1) is 3.55. The van der Waals surface area contributed by atoms with Gasteiger partial charge in [-0.25, -0.2) is 0 Å². The molecule has 0 atom stereocenters. The number of anilines is 1. The van der Waals surface area contributed by atoms with Crippen LogP contribution in [0.5, 0.6) is 0 Å². The molecule has 0 fully saturated rings. The molecule has 0 aromatic carbocycles. The Labute approximate surface area is 40.3 Å². The lowest BCUT2D eigenvalue weighted by atomic mass is 11.3. The van der Waals surface area contributed by atoms with Crippen LogP contribution >= 0.6 is 11.3 Å². The molecule has 0 aliphatic rings. The summed E-state index contributed by atoms with van der Waals surface area (Å²) in [5.41, 5.74) is 6.72. The molecule has 4 heteroatoms. The molecule has 1 aromatic rings. The van der Waals surface area contributed by atoms with Crippen LogP contribution < -0.4 is 5.73 Å². The second kappa shape index (κ2) is 1.22. The van der Waals surface area contributed by atoms with Gasteiger partial charge in [-0.15, -0.1) is 10.2 Å². The molecular weight excluding hydrogens is 98.1 g/mol. The number of nitrogens with zero attached hydrogens (tertiary/aromatic N) is 2. The number of nitrogen functional groups attached to an aromatic ring is 1. The third-order valence-corrected chi connectivity index (χ3v) is 0.900. The third-order valence-electron chi connectivity index (χ3n) is 0.377. The maximum atomic E-state index is 5.12. The van der Waals surface area contributed by atoms with Crippen LogP contribution in [-0.2, 0) is 0 Å². The second-order valence-electron chi connectivity index (χ2n) is 0.777. The molecule has 6 heavy (non-hydrogen) atoms. The lowest BCUT2D eigenvalue weighted by Crippen LogP contribution is -1.79. The molecule has 0 unspecified atom stereocenters. The molecule has 3 nitrogen and oxygen atoms in total. The molecular formula is C2H5N3S. The molecule has 0 aliphatic carbocycles. The molecule has 0 bridgehead atoms. The normalized spacial score (nSPS) is 8.67. The fourth-order valence-electron chi connectivity index (χ4n) is 0.182. The van der Waals surface area contributed by atoms with E-state index in [1.165, 1.54) is 11.3 Å². The van der Waals surface area contributed by atoms with E-state index >= 15 is 0 Å². The maximum absolute atomic E-state index is 5.12. The van der Waals surface area contributed by atoms with Crippen molar-refractivity contribution in [3.8, 4) is 0 Å². The molecule has 1 rings (SSSR count). The van der Waals surface area contributed by atoms with Gasteiger partial charge in [-0.3, -0.25) is 0 Å². The number of rotatable bonds is 0. The van der Waals surface area contributed by atoms with Gasteiger partial charge >= 0.3 is 0 Å². The van der Waals surface area contributed by atoms with E-state index in [1.807, 2.05) is 0 Å². The first-order chi connectivity index (χ1) is 2.89. The quantitative estimate of drug-likeness (QED) is 0.516. The Kier molecular flexibility index (Phi) is 0.719. The van der Waals surface area contributed by atoms with Crippen molar-refractivity contribution < 1.29 is 1.43 Å². The highest BCUT2D eigenvalue weighted by atomic mass is 32.1. The Morgan fingerprint density at radius 3 is 3.00 bits per heavy atom. The first-order valence-corrected chi connectivity index (χ1v) is 2.29. The van der Waals surface area contributed by atoms with Crippen molar-refractivity contribution in [3.05, 3.63) is 5.51 Å². The third kappa shape index (κ3) is 0.463. The van der Waals surface area contributed by atoms with Crippen LogP contribution in [0.1, 0.15) is 1.43 Å². The Balaban J connectivity index is 0.000000360. The average molecular weight is 103 g/mol. The van der Waals surface area contributed by atoms with Crippen molar-refractivity contribution in [1.29, 1.82) is 0 Å². The van der Waals surface area contributed by atoms with Crippen molar-refractivity contribution in [3.63, 3.8) is 0 Å². The van der Waals surface area contributed by atoms with E-state index in [9.17, 15) is 0 Å². The van der Waals surface area contributed by atoms with Crippen molar-refractivity contribution in [2.45, 2.75) is 0 Å². The Bertz CT molecular complexity index is 116. The molecule has 1 heterocycles. The van der Waals surface area contributed by atoms with E-state index in [1.54, 1.807) is 5.51 Å². The van der Waals surface area contributed by atoms with E-state index in [-0.39, 0.29) is 1.43 Å². The van der Waals surface area contributed by atoms with Gasteiger partial charge in [0.25, 0.3) is 0 Å². The molecule has 34 valence electrons. The fraction of sp³-hybridized carbons (Fsp3) is 0. The Morgan fingerprint density at radius 1 is 2.00 bits per heavy atom. The van der Waals surface area contributed by atoms with Gasteiger partial charge in [0.05, 0.1) is 0 Å². The van der Waals surface area contributed by atoms with Crippen LogP contribution in [-0.4, -0.2) is 10.2 Å². The first-order valence-electron chi connectivity index (χ1n) is 1.41. The zero-order chi connectivity index (χ0) is 4.41. The summed E-state index contributed by atoms with van der Waals surface area (Å²) in [4.78, 5) is 0. The highest BCUT2D eigenvalue weighted by Gasteiger charge is 1.78. The lowest BCUT2D eigenvalue weighted by Gasteiger charge is -1.64. The van der Waals surface area contributed by atoms with Crippen molar-refractivity contribution >= 4 is 16.5 Å². The molecule has 1 aromatic heterocycles. The Hall–Kier alpha value is -0.640.